The van der Waals surface area contributed by atoms with Crippen LogP contribution in [0.2, 0.25) is 5.02 Å². The Balaban J connectivity index is 1.02. The van der Waals surface area contributed by atoms with E-state index in [1.54, 1.807) is 0 Å². The number of fused-ring (bicyclic) bond motifs is 1. The van der Waals surface area contributed by atoms with Gasteiger partial charge in [-0.15, -0.1) is 0 Å². The molecule has 2 aromatic carbocycles. The first kappa shape index (κ1) is 34.1. The molecule has 5 unspecified atom stereocenters. The molecule has 4 aliphatic rings. The molecule has 4 heterocycles. The summed E-state index contributed by atoms with van der Waals surface area (Å²) >= 11 is 5.95. The lowest BCUT2D eigenvalue weighted by Crippen LogP contribution is -2.53. The number of oxime groups is 1. The predicted octanol–water partition coefficient (Wildman–Crippen LogP) is 6.41. The number of hydrogen-bond donors (Lipinski definition) is 2. The number of nitrogens with zero attached hydrogens (tertiary/aromatic N) is 1. The van der Waals surface area contributed by atoms with Crippen LogP contribution in [0.4, 0.5) is 9.59 Å². The molecule has 2 saturated heterocycles. The molecular weight excluding hydrogens is 642 g/mol. The van der Waals surface area contributed by atoms with E-state index in [4.69, 9.17) is 44.9 Å². The fourth-order valence-electron chi connectivity index (χ4n) is 6.66. The molecule has 5 atom stereocenters. The fraction of sp³-hybridized carbons (Fsp3) is 0.571. The average Bonchev–Trinajstić information content (AvgIpc) is 3.76. The third-order valence-corrected chi connectivity index (χ3v) is 9.35. The van der Waals surface area contributed by atoms with Gasteiger partial charge in [-0.1, -0.05) is 47.9 Å². The van der Waals surface area contributed by atoms with Gasteiger partial charge in [-0.05, 0) is 62.3 Å². The number of amides is 2. The van der Waals surface area contributed by atoms with E-state index in [0.717, 1.165) is 48.9 Å². The molecule has 0 bridgehead atoms. The third-order valence-electron chi connectivity index (χ3n) is 9.10. The van der Waals surface area contributed by atoms with Crippen LogP contribution < -0.4 is 20.1 Å². The van der Waals surface area contributed by atoms with Gasteiger partial charge in [0.2, 0.25) is 6.79 Å². The van der Waals surface area contributed by atoms with Crippen molar-refractivity contribution in [3.05, 3.63) is 58.6 Å². The van der Waals surface area contributed by atoms with E-state index in [0.29, 0.717) is 55.2 Å². The molecule has 6 rings (SSSR count). The summed E-state index contributed by atoms with van der Waals surface area (Å²) < 4.78 is 35.7. The van der Waals surface area contributed by atoms with Crippen LogP contribution in [0.5, 0.6) is 11.5 Å². The highest BCUT2D eigenvalue weighted by Crippen LogP contribution is 2.42. The molecule has 13 heteroatoms. The Hall–Kier alpha value is -3.74. The maximum atomic E-state index is 13.0. The van der Waals surface area contributed by atoms with Gasteiger partial charge in [0.15, 0.2) is 17.3 Å². The van der Waals surface area contributed by atoms with Crippen LogP contribution in [0.25, 0.3) is 0 Å². The van der Waals surface area contributed by atoms with E-state index in [2.05, 4.69) is 22.7 Å². The molecule has 2 aromatic rings. The molecular formula is C35H44ClN3O9. The van der Waals surface area contributed by atoms with Crippen LogP contribution in [0, 0.1) is 0 Å². The number of para-hydroxylation sites is 1. The number of halogens is 1. The van der Waals surface area contributed by atoms with Crippen LogP contribution in [-0.2, 0) is 36.8 Å². The van der Waals surface area contributed by atoms with Gasteiger partial charge in [0.25, 0.3) is 0 Å². The van der Waals surface area contributed by atoms with Gasteiger partial charge in [-0.2, -0.15) is 0 Å². The Labute approximate surface area is 285 Å². The topological polar surface area (TPSA) is 135 Å². The Morgan fingerprint density at radius 2 is 1.85 bits per heavy atom. The van der Waals surface area contributed by atoms with E-state index >= 15 is 0 Å². The molecule has 2 amide bonds. The first-order valence-electron chi connectivity index (χ1n) is 16.9. The van der Waals surface area contributed by atoms with Crippen molar-refractivity contribution in [1.29, 1.82) is 0 Å². The summed E-state index contributed by atoms with van der Waals surface area (Å²) in [5.74, 6) is 0.326. The lowest BCUT2D eigenvalue weighted by molar-refractivity contribution is -0.330. The number of nitrogens with one attached hydrogen (secondary N) is 2. The van der Waals surface area contributed by atoms with Gasteiger partial charge >= 0.3 is 12.2 Å². The monoisotopic (exact) mass is 685 g/mol. The number of ether oxygens (including phenoxy) is 6. The van der Waals surface area contributed by atoms with E-state index < -0.39 is 24.1 Å². The van der Waals surface area contributed by atoms with Crippen LogP contribution in [0.1, 0.15) is 75.8 Å². The van der Waals surface area contributed by atoms with Crippen molar-refractivity contribution in [2.24, 2.45) is 5.16 Å². The van der Waals surface area contributed by atoms with Gasteiger partial charge in [0.05, 0.1) is 17.9 Å². The van der Waals surface area contributed by atoms with Gasteiger partial charge in [-0.3, -0.25) is 0 Å². The first-order chi connectivity index (χ1) is 23.4. The van der Waals surface area contributed by atoms with Crippen LogP contribution in [0.3, 0.4) is 0 Å². The number of carbonyl (C=O) groups excluding carboxylic acids is 2. The van der Waals surface area contributed by atoms with Gasteiger partial charge in [0.1, 0.15) is 18.8 Å². The Morgan fingerprint density at radius 3 is 2.69 bits per heavy atom. The van der Waals surface area contributed by atoms with Crippen molar-refractivity contribution < 1.29 is 42.8 Å². The van der Waals surface area contributed by atoms with E-state index in [1.807, 2.05) is 42.5 Å². The number of rotatable bonds is 12. The third kappa shape index (κ3) is 9.24. The zero-order chi connectivity index (χ0) is 33.3. The summed E-state index contributed by atoms with van der Waals surface area (Å²) in [6, 6.07) is 13.1. The zero-order valence-electron chi connectivity index (χ0n) is 27.2. The Kier molecular flexibility index (Phi) is 11.5. The van der Waals surface area contributed by atoms with Crippen LogP contribution >= 0.6 is 11.6 Å². The number of carbonyl (C=O) groups is 2. The highest BCUT2D eigenvalue weighted by atomic mass is 35.5. The lowest BCUT2D eigenvalue weighted by Gasteiger charge is -2.48. The maximum absolute atomic E-state index is 13.0. The van der Waals surface area contributed by atoms with Crippen molar-refractivity contribution in [3.63, 3.8) is 0 Å². The second kappa shape index (κ2) is 16.1. The van der Waals surface area contributed by atoms with Crippen LogP contribution in [0.15, 0.2) is 47.6 Å². The summed E-state index contributed by atoms with van der Waals surface area (Å²) in [4.78, 5) is 31.1. The molecule has 2 N–H and O–H groups in total. The Bertz CT molecular complexity index is 1440. The number of hydrogen-bond acceptors (Lipinski definition) is 10. The molecule has 260 valence electrons. The minimum absolute atomic E-state index is 0.00881. The smallest absolute Gasteiger partial charge is 0.407 e. The maximum Gasteiger partial charge on any atom is 0.407 e. The van der Waals surface area contributed by atoms with Gasteiger partial charge < -0.3 is 43.9 Å². The molecule has 0 saturated carbocycles. The molecule has 0 aliphatic carbocycles. The lowest BCUT2D eigenvalue weighted by atomic mass is 9.89. The first-order valence-corrected chi connectivity index (χ1v) is 17.3. The summed E-state index contributed by atoms with van der Waals surface area (Å²) in [7, 11) is 0. The second-order valence-electron chi connectivity index (χ2n) is 12.7. The molecule has 12 nitrogen and oxygen atoms in total. The summed E-state index contributed by atoms with van der Waals surface area (Å²) in [5.41, 5.74) is 2.94. The van der Waals surface area contributed by atoms with E-state index in [1.165, 1.54) is 0 Å². The van der Waals surface area contributed by atoms with Gasteiger partial charge in [-0.25, -0.2) is 9.59 Å². The second-order valence-corrected chi connectivity index (χ2v) is 13.1. The highest BCUT2D eigenvalue weighted by Gasteiger charge is 2.47. The molecule has 0 radical (unpaired) electrons. The number of benzene rings is 2. The average molecular weight is 686 g/mol. The molecule has 2 fully saturated rings. The molecule has 0 aromatic heterocycles. The SMILES string of the molecule is CCC1=NOC(CCC2CC(OC(=O)NCc3cccc4c3OCO4)CC3(CCCC(COC(=O)NCCc4ccc(Cl)cc4)O3)O2)C1. The van der Waals surface area contributed by atoms with Crippen molar-refractivity contribution in [3.8, 4) is 11.5 Å². The van der Waals surface area contributed by atoms with Crippen molar-refractivity contribution in [2.75, 3.05) is 19.9 Å². The van der Waals surface area contributed by atoms with E-state index in [9.17, 15) is 9.59 Å². The minimum Gasteiger partial charge on any atom is -0.454 e. The van der Waals surface area contributed by atoms with Crippen molar-refractivity contribution in [1.82, 2.24) is 10.6 Å². The van der Waals surface area contributed by atoms with Crippen molar-refractivity contribution >= 4 is 29.5 Å². The normalized spacial score (nSPS) is 26.0. The zero-order valence-corrected chi connectivity index (χ0v) is 28.0. The standard InChI is InChI=1S/C35H44ClN3O9/c1-2-26-17-28(48-39-26)13-12-27-18-30(45-34(41)38-20-24-5-3-7-31-32(24)44-22-43-31)19-35(46-27)15-4-6-29(47-35)21-42-33(40)37-16-14-23-8-10-25(36)11-9-23/h3,5,7-11,27-30H,2,4,6,12-22H2,1H3,(H,37,40)(H,38,41). The summed E-state index contributed by atoms with van der Waals surface area (Å²) in [6.45, 7) is 2.99. The largest absolute Gasteiger partial charge is 0.454 e. The quantitative estimate of drug-likeness (QED) is 0.260. The molecule has 1 spiro atoms. The summed E-state index contributed by atoms with van der Waals surface area (Å²) in [6.07, 6.45) is 4.86. The van der Waals surface area contributed by atoms with Crippen molar-refractivity contribution in [2.45, 2.75) is 108 Å². The van der Waals surface area contributed by atoms with Crippen LogP contribution in [-0.4, -0.2) is 68.0 Å². The molecule has 48 heavy (non-hydrogen) atoms. The fourth-order valence-corrected chi connectivity index (χ4v) is 6.78. The predicted molar refractivity (Wildman–Crippen MR) is 176 cm³/mol. The number of alkyl carbamates (subject to hydrolysis) is 2. The Morgan fingerprint density at radius 1 is 1.02 bits per heavy atom. The van der Waals surface area contributed by atoms with Gasteiger partial charge in [0, 0.05) is 49.4 Å². The van der Waals surface area contributed by atoms with E-state index in [-0.39, 0.29) is 38.3 Å². The summed E-state index contributed by atoms with van der Waals surface area (Å²) in [5, 5.41) is 10.5. The molecule has 4 aliphatic heterocycles. The minimum atomic E-state index is -0.960. The highest BCUT2D eigenvalue weighted by molar-refractivity contribution is 6.30.